The molecular weight excluding hydrogens is 570 g/mol. The zero-order valence-corrected chi connectivity index (χ0v) is 26.8. The van der Waals surface area contributed by atoms with Crippen LogP contribution in [0.15, 0.2) is 86.0 Å². The Morgan fingerprint density at radius 2 is 1.61 bits per heavy atom. The van der Waals surface area contributed by atoms with Gasteiger partial charge in [0, 0.05) is 30.9 Å². The first-order valence-corrected chi connectivity index (χ1v) is 16.6. The third-order valence-electron chi connectivity index (χ3n) is 9.66. The highest BCUT2D eigenvalue weighted by molar-refractivity contribution is 8.02. The number of thioether (sulfide) groups is 1. The van der Waals surface area contributed by atoms with Crippen LogP contribution in [0.1, 0.15) is 44.2 Å². The van der Waals surface area contributed by atoms with Gasteiger partial charge in [0.25, 0.3) is 0 Å². The summed E-state index contributed by atoms with van der Waals surface area (Å²) in [7, 11) is 0. The van der Waals surface area contributed by atoms with Crippen LogP contribution in [0.3, 0.4) is 0 Å². The molecule has 5 rings (SSSR count). The summed E-state index contributed by atoms with van der Waals surface area (Å²) in [4.78, 5) is 49.3. The van der Waals surface area contributed by atoms with Crippen molar-refractivity contribution in [2.45, 2.75) is 67.7 Å². The van der Waals surface area contributed by atoms with Crippen molar-refractivity contribution in [3.8, 4) is 0 Å². The van der Waals surface area contributed by atoms with Gasteiger partial charge >= 0.3 is 0 Å². The van der Waals surface area contributed by atoms with Gasteiger partial charge in [-0.1, -0.05) is 79.7 Å². The van der Waals surface area contributed by atoms with Crippen molar-refractivity contribution >= 4 is 29.5 Å². The zero-order chi connectivity index (χ0) is 31.5. The highest BCUT2D eigenvalue weighted by Crippen LogP contribution is 2.72. The smallest absolute Gasteiger partial charge is 0.247 e. The molecule has 1 spiro atoms. The van der Waals surface area contributed by atoms with Gasteiger partial charge in [-0.3, -0.25) is 14.4 Å². The summed E-state index contributed by atoms with van der Waals surface area (Å²) < 4.78 is -1.23. The normalized spacial score (nSPS) is 27.6. The molecule has 0 radical (unpaired) electrons. The summed E-state index contributed by atoms with van der Waals surface area (Å²) in [5.74, 6) is -1.59. The summed E-state index contributed by atoms with van der Waals surface area (Å²) in [6, 6.07) is 18.2. The minimum absolute atomic E-state index is 0.0365. The highest BCUT2D eigenvalue weighted by atomic mass is 32.2. The number of carbonyl (C=O) groups is 3. The van der Waals surface area contributed by atoms with Crippen LogP contribution in [-0.2, 0) is 27.3 Å². The van der Waals surface area contributed by atoms with Gasteiger partial charge < -0.3 is 19.8 Å². The number of rotatable bonds is 14. The molecule has 0 saturated carbocycles. The number of aliphatic hydroxyl groups is 1. The molecule has 3 amide bonds. The van der Waals surface area contributed by atoms with Crippen LogP contribution in [0.4, 0.5) is 0 Å². The Hall–Kier alpha value is -3.36. The molecule has 2 aromatic carbocycles. The lowest BCUT2D eigenvalue weighted by molar-refractivity contribution is -0.147. The van der Waals surface area contributed by atoms with Crippen molar-refractivity contribution in [3.05, 3.63) is 97.1 Å². The number of nitrogens with zero attached hydrogens (tertiary/aromatic N) is 3. The molecule has 44 heavy (non-hydrogen) atoms. The minimum atomic E-state index is -0.812. The number of hydrogen-bond acceptors (Lipinski definition) is 5. The lowest BCUT2D eigenvalue weighted by Crippen LogP contribution is -2.57. The summed E-state index contributed by atoms with van der Waals surface area (Å²) in [5, 5.41) is 10.8. The lowest BCUT2D eigenvalue weighted by Gasteiger charge is -2.39. The van der Waals surface area contributed by atoms with E-state index in [-0.39, 0.29) is 24.3 Å². The fourth-order valence-corrected chi connectivity index (χ4v) is 10.2. The Labute approximate surface area is 266 Å². The number of aliphatic hydroxyl groups excluding tert-OH is 1. The molecule has 2 unspecified atom stereocenters. The van der Waals surface area contributed by atoms with E-state index in [0.29, 0.717) is 39.0 Å². The largest absolute Gasteiger partial charge is 0.394 e. The van der Waals surface area contributed by atoms with E-state index in [1.165, 1.54) is 0 Å². The van der Waals surface area contributed by atoms with Gasteiger partial charge in [0.15, 0.2) is 0 Å². The van der Waals surface area contributed by atoms with Gasteiger partial charge in [0.2, 0.25) is 17.7 Å². The summed E-state index contributed by atoms with van der Waals surface area (Å²) in [5.41, 5.74) is 1.96. The van der Waals surface area contributed by atoms with E-state index < -0.39 is 33.4 Å². The molecule has 234 valence electrons. The first kappa shape index (κ1) is 32.0. The molecule has 3 saturated heterocycles. The van der Waals surface area contributed by atoms with E-state index in [1.807, 2.05) is 72.5 Å². The monoisotopic (exact) mass is 615 g/mol. The van der Waals surface area contributed by atoms with Crippen LogP contribution in [-0.4, -0.2) is 85.3 Å². The molecule has 6 atom stereocenters. The summed E-state index contributed by atoms with van der Waals surface area (Å²) in [6.07, 6.45) is 6.07. The molecule has 3 fully saturated rings. The quantitative estimate of drug-likeness (QED) is 0.312. The first-order valence-electron chi connectivity index (χ1n) is 15.7. The standard InChI is InChI=1S/C36H45N3O4S/c1-5-20-37(21-6-2)32(41)29-30-33(42)39(28(25-40)23-26-14-10-8-11-15-26)31(36(30)19-18-35(29,4)44-36)34(43)38(22-7-3)24-27-16-12-9-13-17-27/h5,7-17,28-31,40H,1,3,6,18-25H2,2,4H3/t28-,29+,30+,31?,35-,36?/m1/s1. The highest BCUT2D eigenvalue weighted by Gasteiger charge is 2.78. The van der Waals surface area contributed by atoms with Crippen molar-refractivity contribution in [3.63, 3.8) is 0 Å². The number of amides is 3. The topological polar surface area (TPSA) is 81.2 Å². The number of benzene rings is 2. The first-order chi connectivity index (χ1) is 21.2. The molecule has 2 aromatic rings. The predicted octanol–water partition coefficient (Wildman–Crippen LogP) is 4.71. The molecule has 8 heteroatoms. The Kier molecular flexibility index (Phi) is 9.71. The molecule has 0 aliphatic carbocycles. The van der Waals surface area contributed by atoms with E-state index in [9.17, 15) is 19.5 Å². The van der Waals surface area contributed by atoms with E-state index >= 15 is 0 Å². The maximum atomic E-state index is 14.9. The van der Waals surface area contributed by atoms with E-state index in [2.05, 4.69) is 20.1 Å². The fraction of sp³-hybridized carbons (Fsp3) is 0.472. The lowest BCUT2D eigenvalue weighted by atomic mass is 9.66. The third-order valence-corrected chi connectivity index (χ3v) is 11.7. The predicted molar refractivity (Wildman–Crippen MR) is 176 cm³/mol. The second kappa shape index (κ2) is 13.3. The average molecular weight is 616 g/mol. The average Bonchev–Trinajstić information content (AvgIpc) is 3.60. The van der Waals surface area contributed by atoms with Crippen LogP contribution in [0.5, 0.6) is 0 Å². The molecule has 7 nitrogen and oxygen atoms in total. The second-order valence-corrected chi connectivity index (χ2v) is 14.5. The Bertz CT molecular complexity index is 1370. The van der Waals surface area contributed by atoms with Crippen molar-refractivity contribution in [2.24, 2.45) is 11.8 Å². The van der Waals surface area contributed by atoms with Crippen molar-refractivity contribution in [1.82, 2.24) is 14.7 Å². The summed E-state index contributed by atoms with van der Waals surface area (Å²) in [6.45, 7) is 13.3. The van der Waals surface area contributed by atoms with E-state index in [1.54, 1.807) is 33.7 Å². The number of carbonyl (C=O) groups excluding carboxylic acids is 3. The Balaban J connectivity index is 1.60. The second-order valence-electron chi connectivity index (χ2n) is 12.6. The van der Waals surface area contributed by atoms with Gasteiger partial charge in [0.1, 0.15) is 6.04 Å². The Morgan fingerprint density at radius 1 is 1.00 bits per heavy atom. The number of hydrogen-bond donors (Lipinski definition) is 1. The third kappa shape index (κ3) is 5.63. The molecule has 3 aliphatic heterocycles. The maximum absolute atomic E-state index is 14.9. The number of likely N-dealkylation sites (tertiary alicyclic amines) is 1. The molecule has 3 heterocycles. The molecule has 0 aromatic heterocycles. The van der Waals surface area contributed by atoms with Crippen molar-refractivity contribution in [2.75, 3.05) is 26.2 Å². The summed E-state index contributed by atoms with van der Waals surface area (Å²) >= 11 is 1.67. The molecule has 2 bridgehead atoms. The van der Waals surface area contributed by atoms with Crippen molar-refractivity contribution in [1.29, 1.82) is 0 Å². The van der Waals surface area contributed by atoms with Crippen LogP contribution in [0.2, 0.25) is 0 Å². The molecular formula is C36H45N3O4S. The van der Waals surface area contributed by atoms with Crippen LogP contribution in [0.25, 0.3) is 0 Å². The van der Waals surface area contributed by atoms with Gasteiger partial charge in [-0.05, 0) is 43.7 Å². The molecule has 1 N–H and O–H groups in total. The van der Waals surface area contributed by atoms with Crippen LogP contribution < -0.4 is 0 Å². The van der Waals surface area contributed by atoms with Crippen molar-refractivity contribution < 1.29 is 19.5 Å². The van der Waals surface area contributed by atoms with E-state index in [0.717, 1.165) is 24.0 Å². The van der Waals surface area contributed by atoms with Gasteiger partial charge in [-0.2, -0.15) is 0 Å². The fourth-order valence-electron chi connectivity index (χ4n) is 7.83. The van der Waals surface area contributed by atoms with E-state index in [4.69, 9.17) is 0 Å². The van der Waals surface area contributed by atoms with Gasteiger partial charge in [-0.25, -0.2) is 0 Å². The van der Waals surface area contributed by atoms with Gasteiger partial charge in [0.05, 0.1) is 29.2 Å². The van der Waals surface area contributed by atoms with Crippen LogP contribution >= 0.6 is 11.8 Å². The maximum Gasteiger partial charge on any atom is 0.247 e. The minimum Gasteiger partial charge on any atom is -0.394 e. The zero-order valence-electron chi connectivity index (χ0n) is 25.9. The Morgan fingerprint density at radius 3 is 2.20 bits per heavy atom. The van der Waals surface area contributed by atoms with Crippen LogP contribution in [0, 0.1) is 11.8 Å². The molecule has 3 aliphatic rings. The number of fused-ring (bicyclic) bond motifs is 1. The van der Waals surface area contributed by atoms with Gasteiger partial charge in [-0.15, -0.1) is 24.9 Å². The SMILES string of the molecule is C=CCN(Cc1ccccc1)C(=O)C1N([C@@H](CO)Cc2ccccc2)C(=O)[C@@H]2[C@@H](C(=O)N(CC=C)CCC)[C@@]3(C)CCC12S3.